The number of nitrogens with two attached hydrogens (primary N) is 1. The highest BCUT2D eigenvalue weighted by Gasteiger charge is 2.49. The highest BCUT2D eigenvalue weighted by Crippen LogP contribution is 2.55. The lowest BCUT2D eigenvalue weighted by atomic mass is 9.63. The summed E-state index contributed by atoms with van der Waals surface area (Å²) < 4.78 is 33.1. The number of nitrogens with one attached hydrogen (secondary N) is 1. The van der Waals surface area contributed by atoms with Crippen LogP contribution >= 0.6 is 11.3 Å². The van der Waals surface area contributed by atoms with Crippen LogP contribution in [0.4, 0.5) is 9.39 Å². The van der Waals surface area contributed by atoms with Crippen LogP contribution in [-0.2, 0) is 18.3 Å². The second kappa shape index (κ2) is 10.4. The van der Waals surface area contributed by atoms with Crippen LogP contribution in [0.2, 0.25) is 0 Å². The van der Waals surface area contributed by atoms with Crippen molar-refractivity contribution in [3.63, 3.8) is 0 Å². The van der Waals surface area contributed by atoms with Gasteiger partial charge in [0.05, 0.1) is 22.6 Å². The van der Waals surface area contributed by atoms with Crippen LogP contribution in [0.3, 0.4) is 0 Å². The summed E-state index contributed by atoms with van der Waals surface area (Å²) in [5.74, 6) is 1.92. The van der Waals surface area contributed by atoms with Gasteiger partial charge in [0.1, 0.15) is 29.4 Å². The van der Waals surface area contributed by atoms with Crippen molar-refractivity contribution < 1.29 is 18.4 Å². The summed E-state index contributed by atoms with van der Waals surface area (Å²) in [5, 5.41) is 18.6. The minimum Gasteiger partial charge on any atom is -0.473 e. The predicted octanol–water partition coefficient (Wildman–Crippen LogP) is 4.54. The number of alkyl halides is 1. The lowest BCUT2D eigenvalue weighted by Crippen LogP contribution is -2.67. The third kappa shape index (κ3) is 4.67. The van der Waals surface area contributed by atoms with E-state index in [9.17, 15) is 9.65 Å². The van der Waals surface area contributed by atoms with Gasteiger partial charge in [-0.25, -0.2) is 4.39 Å². The van der Waals surface area contributed by atoms with Crippen LogP contribution in [0, 0.1) is 11.3 Å². The molecule has 3 aromatic heterocycles. The first-order valence-corrected chi connectivity index (χ1v) is 16.0. The fraction of sp³-hybridized carbons (Fsp3) is 0.613. The number of nitrogen functional groups attached to an aromatic ring is 1. The van der Waals surface area contributed by atoms with E-state index in [-0.39, 0.29) is 23.8 Å². The van der Waals surface area contributed by atoms with Crippen molar-refractivity contribution in [3.8, 4) is 29.3 Å². The van der Waals surface area contributed by atoms with Crippen molar-refractivity contribution in [3.05, 3.63) is 33.4 Å². The van der Waals surface area contributed by atoms with E-state index in [1.165, 1.54) is 16.2 Å². The van der Waals surface area contributed by atoms with Gasteiger partial charge in [-0.1, -0.05) is 5.16 Å². The minimum atomic E-state index is -0.872. The van der Waals surface area contributed by atoms with Gasteiger partial charge in [0.2, 0.25) is 11.8 Å². The number of aromatic nitrogens is 3. The summed E-state index contributed by atoms with van der Waals surface area (Å²) in [4.78, 5) is 12.8. The van der Waals surface area contributed by atoms with E-state index >= 15 is 0 Å². The predicted molar refractivity (Wildman–Crippen MR) is 160 cm³/mol. The second-order valence-corrected chi connectivity index (χ2v) is 14.3. The minimum absolute atomic E-state index is 0.0694. The van der Waals surface area contributed by atoms with Gasteiger partial charge in [-0.2, -0.15) is 15.2 Å². The number of hydrogen-bond acceptors (Lipinski definition) is 11. The summed E-state index contributed by atoms with van der Waals surface area (Å²) >= 11 is 1.52. The third-order valence-electron chi connectivity index (χ3n) is 9.96. The first-order valence-electron chi connectivity index (χ1n) is 15.2. The number of nitrogens with zero attached hydrogens (tertiary/aromatic N) is 5. The Labute approximate surface area is 254 Å². The fourth-order valence-corrected chi connectivity index (χ4v) is 8.72. The van der Waals surface area contributed by atoms with E-state index in [2.05, 4.69) is 30.4 Å². The molecule has 228 valence electrons. The highest BCUT2D eigenvalue weighted by atomic mass is 32.1. The molecule has 4 aliphatic rings. The van der Waals surface area contributed by atoms with Crippen LogP contribution in [0.15, 0.2) is 10.6 Å². The molecule has 0 radical (unpaired) electrons. The smallest absolute Gasteiger partial charge is 0.221 e. The number of anilines is 1. The molecule has 5 heterocycles. The van der Waals surface area contributed by atoms with Crippen LogP contribution in [0.1, 0.15) is 80.2 Å². The molecule has 2 aliphatic carbocycles. The van der Waals surface area contributed by atoms with Gasteiger partial charge in [0, 0.05) is 29.6 Å². The molecule has 43 heavy (non-hydrogen) atoms. The molecule has 5 atom stereocenters. The zero-order valence-corrected chi connectivity index (χ0v) is 25.9. The average Bonchev–Trinajstić information content (AvgIpc) is 3.66. The Morgan fingerprint density at radius 3 is 2.70 bits per heavy atom. The van der Waals surface area contributed by atoms with Crippen LogP contribution in [-0.4, -0.2) is 70.1 Å². The van der Waals surface area contributed by atoms with Crippen LogP contribution < -0.4 is 20.5 Å². The van der Waals surface area contributed by atoms with Gasteiger partial charge in [-0.3, -0.25) is 4.90 Å². The molecule has 3 N–H and O–H groups in total. The van der Waals surface area contributed by atoms with Crippen molar-refractivity contribution in [2.75, 3.05) is 25.9 Å². The van der Waals surface area contributed by atoms with E-state index in [0.29, 0.717) is 53.4 Å². The molecule has 2 fully saturated rings. The maximum Gasteiger partial charge on any atom is 0.221 e. The summed E-state index contributed by atoms with van der Waals surface area (Å²) in [5.41, 5.74) is 8.82. The van der Waals surface area contributed by atoms with Gasteiger partial charge in [0.25, 0.3) is 0 Å². The van der Waals surface area contributed by atoms with Crippen molar-refractivity contribution in [2.45, 2.75) is 101 Å². The van der Waals surface area contributed by atoms with E-state index < -0.39 is 11.6 Å². The zero-order chi connectivity index (χ0) is 30.1. The molecular weight excluding hydrogens is 569 g/mol. The molecule has 0 amide bonds. The number of ether oxygens (including phenoxy) is 2. The number of fused-ring (bicyclic) bond motifs is 4. The Kier molecular flexibility index (Phi) is 6.91. The Hall–Kier alpha value is -3.27. The SMILES string of the molecule is C[C@H](Oc1cc(O[C@@H]2CNC2(C)C)nc(-c2noc3c2CCC[C@@]32CCCc3sc(N)c(C#N)c32)n1)[C@@H]1C[C@@H](F)CN1C. The summed E-state index contributed by atoms with van der Waals surface area (Å²) in [6.45, 7) is 7.22. The van der Waals surface area contributed by atoms with Crippen molar-refractivity contribution in [1.29, 1.82) is 5.26 Å². The summed E-state index contributed by atoms with van der Waals surface area (Å²) in [6.07, 6.45) is 4.50. The Morgan fingerprint density at radius 2 is 2.02 bits per heavy atom. The third-order valence-corrected chi connectivity index (χ3v) is 11.0. The number of thiophene rings is 1. The maximum absolute atomic E-state index is 14.2. The van der Waals surface area contributed by atoms with E-state index in [0.717, 1.165) is 55.4 Å². The first-order chi connectivity index (χ1) is 20.6. The standard InChI is InChI=1S/C31H38FN7O3S/c1-16(20-11-17(32)15-39(20)4)40-23-12-24(41-22-14-35-30(22,2)3)37-29(36-23)26-18-7-5-9-31(27(18)42-38-26)10-6-8-21-25(31)19(13-33)28(34)43-21/h12,16-17,20,22,35H,5-11,14-15,34H2,1-4H3/t16-,17+,20-,22+,31-/m0/s1. The zero-order valence-electron chi connectivity index (χ0n) is 25.1. The lowest BCUT2D eigenvalue weighted by Gasteiger charge is -2.44. The largest absolute Gasteiger partial charge is 0.473 e. The van der Waals surface area contributed by atoms with Gasteiger partial charge in [0.15, 0.2) is 17.3 Å². The number of aryl methyl sites for hydroxylation is 1. The normalized spacial score (nSPS) is 28.5. The number of rotatable bonds is 6. The number of likely N-dealkylation sites (N-methyl/N-ethyl adjacent to an activating group) is 1. The van der Waals surface area contributed by atoms with E-state index in [1.807, 2.05) is 18.9 Å². The highest BCUT2D eigenvalue weighted by molar-refractivity contribution is 7.16. The fourth-order valence-electron chi connectivity index (χ4n) is 7.56. The number of halogens is 1. The molecule has 1 spiro atoms. The first kappa shape index (κ1) is 28.5. The van der Waals surface area contributed by atoms with Crippen molar-refractivity contribution in [2.24, 2.45) is 0 Å². The molecule has 0 aromatic carbocycles. The van der Waals surface area contributed by atoms with Crippen molar-refractivity contribution in [1.82, 2.24) is 25.3 Å². The molecule has 10 nitrogen and oxygen atoms in total. The van der Waals surface area contributed by atoms with Crippen molar-refractivity contribution >= 4 is 16.3 Å². The molecular formula is C31H38FN7O3S. The average molecular weight is 608 g/mol. The molecule has 0 bridgehead atoms. The van der Waals surface area contributed by atoms with Gasteiger partial charge in [-0.15, -0.1) is 11.3 Å². The van der Waals surface area contributed by atoms with Gasteiger partial charge in [-0.05, 0) is 78.3 Å². The number of hydrogen-bond donors (Lipinski definition) is 2. The number of nitriles is 1. The second-order valence-electron chi connectivity index (χ2n) is 13.1. The molecule has 12 heteroatoms. The number of likely N-dealkylation sites (tertiary alicyclic amines) is 1. The Morgan fingerprint density at radius 1 is 1.26 bits per heavy atom. The maximum atomic E-state index is 14.2. The van der Waals surface area contributed by atoms with Gasteiger partial charge >= 0.3 is 0 Å². The molecule has 0 saturated carbocycles. The van der Waals surface area contributed by atoms with Crippen LogP contribution in [0.25, 0.3) is 11.5 Å². The van der Waals surface area contributed by atoms with Crippen LogP contribution in [0.5, 0.6) is 11.8 Å². The Bertz CT molecular complexity index is 1590. The topological polar surface area (TPSA) is 135 Å². The molecule has 2 saturated heterocycles. The van der Waals surface area contributed by atoms with E-state index in [1.54, 1.807) is 6.07 Å². The van der Waals surface area contributed by atoms with E-state index in [4.69, 9.17) is 29.7 Å². The monoisotopic (exact) mass is 607 g/mol. The molecule has 2 aliphatic heterocycles. The molecule has 3 aromatic rings. The Balaban J connectivity index is 1.28. The summed E-state index contributed by atoms with van der Waals surface area (Å²) in [6, 6.07) is 4.02. The van der Waals surface area contributed by atoms with Gasteiger partial charge < -0.3 is 25.0 Å². The molecule has 0 unspecified atom stereocenters. The molecule has 7 rings (SSSR count). The quantitative estimate of drug-likeness (QED) is 0.411. The summed E-state index contributed by atoms with van der Waals surface area (Å²) in [7, 11) is 1.92. The lowest BCUT2D eigenvalue weighted by molar-refractivity contribution is 0.0261.